The number of nitrogens with zero attached hydrogens (tertiary/aromatic N) is 1. The van der Waals surface area contributed by atoms with Crippen molar-refractivity contribution in [2.24, 2.45) is 0 Å². The number of oxazole rings is 1. The summed E-state index contributed by atoms with van der Waals surface area (Å²) < 4.78 is 5.19. The Morgan fingerprint density at radius 3 is 3.13 bits per heavy atom. The van der Waals surface area contributed by atoms with E-state index in [1.165, 1.54) is 6.39 Å². The molecule has 1 aliphatic rings. The van der Waals surface area contributed by atoms with Gasteiger partial charge in [-0.1, -0.05) is 0 Å². The molecule has 0 radical (unpaired) electrons. The molecule has 1 N–H and O–H groups in total. The molecule has 1 amide bonds. The van der Waals surface area contributed by atoms with Crippen molar-refractivity contribution in [1.29, 1.82) is 0 Å². The molecular weight excluding hydrogens is 192 g/mol. The number of hydrogen-bond donors (Lipinski definition) is 1. The van der Waals surface area contributed by atoms with Crippen molar-refractivity contribution in [3.63, 3.8) is 0 Å². The summed E-state index contributed by atoms with van der Waals surface area (Å²) in [5.41, 5.74) is 2.85. The van der Waals surface area contributed by atoms with Gasteiger partial charge in [0.1, 0.15) is 0 Å². The molecule has 2 aromatic rings. The molecule has 0 aliphatic carbocycles. The second kappa shape index (κ2) is 2.95. The highest BCUT2D eigenvalue weighted by Crippen LogP contribution is 2.28. The Morgan fingerprint density at radius 1 is 1.40 bits per heavy atom. The predicted octanol–water partition coefficient (Wildman–Crippen LogP) is 1.84. The molecule has 1 aromatic carbocycles. The number of carbonyl (C=O) groups excluding carboxylic acids is 1. The van der Waals surface area contributed by atoms with Crippen LogP contribution >= 0.6 is 0 Å². The summed E-state index contributed by atoms with van der Waals surface area (Å²) >= 11 is 0. The summed E-state index contributed by atoms with van der Waals surface area (Å²) in [4.78, 5) is 15.0. The second-order valence-electron chi connectivity index (χ2n) is 3.46. The van der Waals surface area contributed by atoms with E-state index in [1.54, 1.807) is 6.20 Å². The minimum atomic E-state index is 0.0414. The van der Waals surface area contributed by atoms with Crippen LogP contribution in [0.2, 0.25) is 0 Å². The Labute approximate surface area is 85.9 Å². The molecule has 4 nitrogen and oxygen atoms in total. The largest absolute Gasteiger partial charge is 0.444 e. The van der Waals surface area contributed by atoms with Gasteiger partial charge in [-0.3, -0.25) is 4.79 Å². The molecule has 1 aliphatic heterocycles. The number of nitrogens with one attached hydrogen (secondary N) is 1. The first-order valence-corrected chi connectivity index (χ1v) is 4.64. The summed E-state index contributed by atoms with van der Waals surface area (Å²) in [7, 11) is 0. The lowest BCUT2D eigenvalue weighted by Gasteiger charge is -2.00. The van der Waals surface area contributed by atoms with Gasteiger partial charge in [0, 0.05) is 11.3 Å². The maximum Gasteiger partial charge on any atom is 0.228 e. The fourth-order valence-electron chi connectivity index (χ4n) is 1.74. The molecule has 0 bridgehead atoms. The average Bonchev–Trinajstić information content (AvgIpc) is 2.82. The first kappa shape index (κ1) is 8.23. The predicted molar refractivity (Wildman–Crippen MR) is 54.3 cm³/mol. The molecule has 0 saturated carbocycles. The summed E-state index contributed by atoms with van der Waals surface area (Å²) in [6.07, 6.45) is 3.50. The summed E-state index contributed by atoms with van der Waals surface area (Å²) in [5.74, 6) is 0.761. The lowest BCUT2D eigenvalue weighted by Crippen LogP contribution is -2.03. The molecule has 3 rings (SSSR count). The smallest absolute Gasteiger partial charge is 0.228 e. The second-order valence-corrected chi connectivity index (χ2v) is 3.46. The van der Waals surface area contributed by atoms with Crippen LogP contribution in [0, 0.1) is 0 Å². The van der Waals surface area contributed by atoms with Crippen LogP contribution in [0.3, 0.4) is 0 Å². The van der Waals surface area contributed by atoms with Crippen LogP contribution < -0.4 is 5.32 Å². The van der Waals surface area contributed by atoms with Crippen molar-refractivity contribution in [3.8, 4) is 11.3 Å². The SMILES string of the molecule is O=C1Cc2cc(-c3cnco3)ccc2N1. The van der Waals surface area contributed by atoms with Crippen LogP contribution in [0.15, 0.2) is 35.2 Å². The number of benzene rings is 1. The monoisotopic (exact) mass is 200 g/mol. The first-order chi connectivity index (χ1) is 7.33. The van der Waals surface area contributed by atoms with Crippen LogP contribution in [0.5, 0.6) is 0 Å². The van der Waals surface area contributed by atoms with Crippen molar-refractivity contribution in [2.75, 3.05) is 5.32 Å². The first-order valence-electron chi connectivity index (χ1n) is 4.64. The van der Waals surface area contributed by atoms with Gasteiger partial charge < -0.3 is 9.73 Å². The molecule has 0 unspecified atom stereocenters. The average molecular weight is 200 g/mol. The summed E-state index contributed by atoms with van der Waals surface area (Å²) in [6, 6.07) is 5.75. The molecule has 0 saturated heterocycles. The fraction of sp³-hybridized carbons (Fsp3) is 0.0909. The van der Waals surface area contributed by atoms with Crippen LogP contribution in [-0.2, 0) is 11.2 Å². The van der Waals surface area contributed by atoms with Crippen LogP contribution in [0.25, 0.3) is 11.3 Å². The van der Waals surface area contributed by atoms with Gasteiger partial charge in [-0.05, 0) is 23.8 Å². The third-order valence-corrected chi connectivity index (χ3v) is 2.45. The number of fused-ring (bicyclic) bond motifs is 1. The zero-order valence-electron chi connectivity index (χ0n) is 7.86. The van der Waals surface area contributed by atoms with Crippen molar-refractivity contribution in [1.82, 2.24) is 4.98 Å². The maximum absolute atomic E-state index is 11.2. The molecule has 0 spiro atoms. The van der Waals surface area contributed by atoms with Crippen LogP contribution in [-0.4, -0.2) is 10.9 Å². The van der Waals surface area contributed by atoms with Crippen LogP contribution in [0.4, 0.5) is 5.69 Å². The van der Waals surface area contributed by atoms with Crippen LogP contribution in [0.1, 0.15) is 5.56 Å². The third-order valence-electron chi connectivity index (χ3n) is 2.45. The normalized spacial score (nSPS) is 13.7. The van der Waals surface area contributed by atoms with Gasteiger partial charge in [-0.2, -0.15) is 0 Å². The van der Waals surface area contributed by atoms with Gasteiger partial charge in [-0.25, -0.2) is 4.98 Å². The van der Waals surface area contributed by atoms with Gasteiger partial charge >= 0.3 is 0 Å². The Bertz CT molecular complexity index is 517. The van der Waals surface area contributed by atoms with Crippen molar-refractivity contribution in [3.05, 3.63) is 36.4 Å². The zero-order valence-corrected chi connectivity index (χ0v) is 7.86. The topological polar surface area (TPSA) is 55.1 Å². The Hall–Kier alpha value is -2.10. The maximum atomic E-state index is 11.2. The number of carbonyl (C=O) groups is 1. The number of amides is 1. The van der Waals surface area contributed by atoms with E-state index < -0.39 is 0 Å². The van der Waals surface area contributed by atoms with E-state index in [1.807, 2.05) is 18.2 Å². The van der Waals surface area contributed by atoms with Crippen molar-refractivity contribution >= 4 is 11.6 Å². The Kier molecular flexibility index (Phi) is 1.62. The summed E-state index contributed by atoms with van der Waals surface area (Å²) in [5, 5.41) is 2.78. The molecule has 4 heteroatoms. The number of aromatic nitrogens is 1. The molecule has 74 valence electrons. The summed E-state index contributed by atoms with van der Waals surface area (Å²) in [6.45, 7) is 0. The number of rotatable bonds is 1. The van der Waals surface area contributed by atoms with E-state index >= 15 is 0 Å². The highest BCUT2D eigenvalue weighted by molar-refractivity contribution is 5.99. The minimum Gasteiger partial charge on any atom is -0.444 e. The lowest BCUT2D eigenvalue weighted by molar-refractivity contribution is -0.115. The van der Waals surface area contributed by atoms with Gasteiger partial charge in [0.15, 0.2) is 12.2 Å². The van der Waals surface area contributed by atoms with Gasteiger partial charge in [-0.15, -0.1) is 0 Å². The van der Waals surface area contributed by atoms with Gasteiger partial charge in [0.25, 0.3) is 0 Å². The highest BCUT2D eigenvalue weighted by Gasteiger charge is 2.18. The Balaban J connectivity index is 2.07. The van der Waals surface area contributed by atoms with Crippen molar-refractivity contribution < 1.29 is 9.21 Å². The van der Waals surface area contributed by atoms with E-state index in [4.69, 9.17) is 4.42 Å². The molecule has 15 heavy (non-hydrogen) atoms. The lowest BCUT2D eigenvalue weighted by atomic mass is 10.1. The number of anilines is 1. The van der Waals surface area contributed by atoms with E-state index in [-0.39, 0.29) is 5.91 Å². The molecular formula is C11H8N2O2. The van der Waals surface area contributed by atoms with E-state index in [0.717, 1.165) is 22.6 Å². The van der Waals surface area contributed by atoms with Gasteiger partial charge in [0.05, 0.1) is 12.6 Å². The van der Waals surface area contributed by atoms with E-state index in [0.29, 0.717) is 6.42 Å². The van der Waals surface area contributed by atoms with Crippen molar-refractivity contribution in [2.45, 2.75) is 6.42 Å². The highest BCUT2D eigenvalue weighted by atomic mass is 16.3. The molecule has 1 aromatic heterocycles. The molecule has 2 heterocycles. The Morgan fingerprint density at radius 2 is 2.33 bits per heavy atom. The fourth-order valence-corrected chi connectivity index (χ4v) is 1.74. The zero-order chi connectivity index (χ0) is 10.3. The standard InChI is InChI=1S/C11H8N2O2/c14-11-4-8-3-7(1-2-9(8)13-11)10-5-12-6-15-10/h1-3,5-6H,4H2,(H,13,14). The molecule has 0 atom stereocenters. The van der Waals surface area contributed by atoms with E-state index in [2.05, 4.69) is 10.3 Å². The quantitative estimate of drug-likeness (QED) is 0.764. The molecule has 0 fully saturated rings. The van der Waals surface area contributed by atoms with Gasteiger partial charge in [0.2, 0.25) is 5.91 Å². The number of hydrogen-bond acceptors (Lipinski definition) is 3. The third kappa shape index (κ3) is 1.30. The minimum absolute atomic E-state index is 0.0414. The van der Waals surface area contributed by atoms with E-state index in [9.17, 15) is 4.79 Å².